The lowest BCUT2D eigenvalue weighted by atomic mass is 10.1. The number of amides is 3. The fourth-order valence-corrected chi connectivity index (χ4v) is 2.79. The molecule has 8 heteroatoms. The first-order chi connectivity index (χ1) is 14.8. The molecule has 0 spiro atoms. The van der Waals surface area contributed by atoms with Gasteiger partial charge in [0.25, 0.3) is 5.91 Å². The Morgan fingerprint density at radius 1 is 0.968 bits per heavy atom. The number of rotatable bonds is 8. The molecular weight excluding hydrogens is 398 g/mol. The van der Waals surface area contributed by atoms with E-state index in [1.807, 2.05) is 0 Å². The summed E-state index contributed by atoms with van der Waals surface area (Å²) >= 11 is 0. The summed E-state index contributed by atoms with van der Waals surface area (Å²) in [4.78, 5) is 36.3. The topological polar surface area (TPSA) is 106 Å². The van der Waals surface area contributed by atoms with E-state index in [1.54, 1.807) is 50.2 Å². The summed E-state index contributed by atoms with van der Waals surface area (Å²) in [5.74, 6) is 0.0225. The zero-order chi connectivity index (χ0) is 23.0. The van der Waals surface area contributed by atoms with Crippen LogP contribution in [-0.4, -0.2) is 31.9 Å². The predicted molar refractivity (Wildman–Crippen MR) is 120 cm³/mol. The summed E-state index contributed by atoms with van der Waals surface area (Å²) in [7, 11) is 3.04. The monoisotopic (exact) mass is 425 g/mol. The SMILES string of the molecule is CCC(=O)Nc1cccc(NC(=O)/C(=C/c2ccc(OC)c(OC)c2)NC(C)=O)c1C. The second-order valence-corrected chi connectivity index (χ2v) is 6.69. The smallest absolute Gasteiger partial charge is 0.272 e. The fourth-order valence-electron chi connectivity index (χ4n) is 2.79. The Labute approximate surface area is 181 Å². The van der Waals surface area contributed by atoms with Crippen molar-refractivity contribution in [2.45, 2.75) is 27.2 Å². The van der Waals surface area contributed by atoms with Crippen molar-refractivity contribution < 1.29 is 23.9 Å². The molecule has 3 amide bonds. The Hall–Kier alpha value is -3.81. The predicted octanol–water partition coefficient (Wildman–Crippen LogP) is 3.48. The third kappa shape index (κ3) is 6.33. The van der Waals surface area contributed by atoms with Crippen LogP contribution in [0.15, 0.2) is 42.1 Å². The summed E-state index contributed by atoms with van der Waals surface area (Å²) < 4.78 is 10.5. The molecule has 3 N–H and O–H groups in total. The van der Waals surface area contributed by atoms with Crippen LogP contribution in [0.5, 0.6) is 11.5 Å². The van der Waals surface area contributed by atoms with Gasteiger partial charge in [-0.2, -0.15) is 0 Å². The summed E-state index contributed by atoms with van der Waals surface area (Å²) in [5, 5.41) is 8.15. The quantitative estimate of drug-likeness (QED) is 0.562. The Morgan fingerprint density at radius 2 is 1.61 bits per heavy atom. The van der Waals surface area contributed by atoms with Crippen molar-refractivity contribution in [3.8, 4) is 11.5 Å². The molecular formula is C23H27N3O5. The number of anilines is 2. The Bertz CT molecular complexity index is 1010. The number of carbonyl (C=O) groups excluding carboxylic acids is 3. The van der Waals surface area contributed by atoms with E-state index < -0.39 is 5.91 Å². The maximum atomic E-state index is 12.9. The van der Waals surface area contributed by atoms with Crippen molar-refractivity contribution in [1.29, 1.82) is 0 Å². The van der Waals surface area contributed by atoms with Gasteiger partial charge in [0, 0.05) is 24.7 Å². The molecule has 0 aliphatic heterocycles. The number of nitrogens with one attached hydrogen (secondary N) is 3. The van der Waals surface area contributed by atoms with Gasteiger partial charge in [-0.15, -0.1) is 0 Å². The third-order valence-electron chi connectivity index (χ3n) is 4.45. The third-order valence-corrected chi connectivity index (χ3v) is 4.45. The lowest BCUT2D eigenvalue weighted by molar-refractivity contribution is -0.120. The van der Waals surface area contributed by atoms with Gasteiger partial charge >= 0.3 is 0 Å². The zero-order valence-electron chi connectivity index (χ0n) is 18.3. The lowest BCUT2D eigenvalue weighted by Gasteiger charge is -2.15. The summed E-state index contributed by atoms with van der Waals surface area (Å²) in [5.41, 5.74) is 2.52. The normalized spacial score (nSPS) is 10.8. The zero-order valence-corrected chi connectivity index (χ0v) is 18.3. The maximum Gasteiger partial charge on any atom is 0.272 e. The summed E-state index contributed by atoms with van der Waals surface area (Å²) in [6.45, 7) is 4.87. The van der Waals surface area contributed by atoms with E-state index in [0.717, 1.165) is 0 Å². The molecule has 8 nitrogen and oxygen atoms in total. The van der Waals surface area contributed by atoms with Crippen LogP contribution in [0, 0.1) is 6.92 Å². The molecule has 0 unspecified atom stereocenters. The highest BCUT2D eigenvalue weighted by Gasteiger charge is 2.15. The number of carbonyl (C=O) groups is 3. The molecule has 164 valence electrons. The molecule has 0 atom stereocenters. The summed E-state index contributed by atoms with van der Waals surface area (Å²) in [6, 6.07) is 10.3. The number of methoxy groups -OCH3 is 2. The van der Waals surface area contributed by atoms with Crippen molar-refractivity contribution in [2.75, 3.05) is 24.9 Å². The van der Waals surface area contributed by atoms with Gasteiger partial charge in [0.2, 0.25) is 11.8 Å². The van der Waals surface area contributed by atoms with Crippen molar-refractivity contribution >= 4 is 35.2 Å². The first-order valence-electron chi connectivity index (χ1n) is 9.71. The molecule has 2 rings (SSSR count). The van der Waals surface area contributed by atoms with E-state index in [-0.39, 0.29) is 17.5 Å². The highest BCUT2D eigenvalue weighted by molar-refractivity contribution is 6.09. The number of ether oxygens (including phenoxy) is 2. The molecule has 2 aromatic carbocycles. The van der Waals surface area contributed by atoms with Crippen LogP contribution in [0.2, 0.25) is 0 Å². The van der Waals surface area contributed by atoms with Crippen LogP contribution >= 0.6 is 0 Å². The van der Waals surface area contributed by atoms with Gasteiger partial charge in [-0.1, -0.05) is 19.1 Å². The molecule has 0 saturated carbocycles. The molecule has 0 fully saturated rings. The van der Waals surface area contributed by atoms with Crippen molar-refractivity contribution in [2.24, 2.45) is 0 Å². The van der Waals surface area contributed by atoms with E-state index in [4.69, 9.17) is 9.47 Å². The minimum Gasteiger partial charge on any atom is -0.493 e. The Kier molecular flexibility index (Phi) is 8.19. The Morgan fingerprint density at radius 3 is 2.19 bits per heavy atom. The second kappa shape index (κ2) is 10.8. The largest absolute Gasteiger partial charge is 0.493 e. The molecule has 0 radical (unpaired) electrons. The second-order valence-electron chi connectivity index (χ2n) is 6.69. The van der Waals surface area contributed by atoms with E-state index in [9.17, 15) is 14.4 Å². The average Bonchev–Trinajstić information content (AvgIpc) is 2.75. The van der Waals surface area contributed by atoms with Crippen molar-refractivity contribution in [3.05, 3.63) is 53.2 Å². The van der Waals surface area contributed by atoms with Crippen LogP contribution in [0.4, 0.5) is 11.4 Å². The van der Waals surface area contributed by atoms with Gasteiger partial charge in [0.15, 0.2) is 11.5 Å². The highest BCUT2D eigenvalue weighted by Crippen LogP contribution is 2.28. The minimum absolute atomic E-state index is 0.0575. The molecule has 0 saturated heterocycles. The minimum atomic E-state index is -0.507. The van der Waals surface area contributed by atoms with Gasteiger partial charge in [-0.3, -0.25) is 14.4 Å². The van der Waals surface area contributed by atoms with Crippen LogP contribution in [0.1, 0.15) is 31.4 Å². The lowest BCUT2D eigenvalue weighted by Crippen LogP contribution is -2.29. The highest BCUT2D eigenvalue weighted by atomic mass is 16.5. The number of benzene rings is 2. The van der Waals surface area contributed by atoms with Gasteiger partial charge in [-0.05, 0) is 48.4 Å². The van der Waals surface area contributed by atoms with E-state index in [2.05, 4.69) is 16.0 Å². The van der Waals surface area contributed by atoms with Gasteiger partial charge < -0.3 is 25.4 Å². The molecule has 0 aliphatic carbocycles. The van der Waals surface area contributed by atoms with Crippen LogP contribution < -0.4 is 25.4 Å². The summed E-state index contributed by atoms with van der Waals surface area (Å²) in [6.07, 6.45) is 1.88. The first-order valence-corrected chi connectivity index (χ1v) is 9.71. The fraction of sp³-hybridized carbons (Fsp3) is 0.261. The number of hydrogen-bond donors (Lipinski definition) is 3. The number of hydrogen-bond acceptors (Lipinski definition) is 5. The van der Waals surface area contributed by atoms with Crippen LogP contribution in [0.3, 0.4) is 0 Å². The van der Waals surface area contributed by atoms with E-state index >= 15 is 0 Å². The molecule has 2 aromatic rings. The van der Waals surface area contributed by atoms with Crippen molar-refractivity contribution in [1.82, 2.24) is 5.32 Å². The van der Waals surface area contributed by atoms with Gasteiger partial charge in [0.05, 0.1) is 14.2 Å². The maximum absolute atomic E-state index is 12.9. The first kappa shape index (κ1) is 23.5. The Balaban J connectivity index is 2.34. The molecule has 0 bridgehead atoms. The molecule has 31 heavy (non-hydrogen) atoms. The van der Waals surface area contributed by atoms with Crippen LogP contribution in [-0.2, 0) is 14.4 Å². The molecule has 0 heterocycles. The molecule has 0 aliphatic rings. The standard InChI is InChI=1S/C23H27N3O5/c1-6-22(28)25-17-8-7-9-18(14(17)2)26-23(29)19(24-15(3)27)12-16-10-11-20(30-4)21(13-16)31-5/h7-13H,6H2,1-5H3,(H,24,27)(H,25,28)(H,26,29)/b19-12-. The van der Waals surface area contributed by atoms with Crippen LogP contribution in [0.25, 0.3) is 6.08 Å². The van der Waals surface area contributed by atoms with E-state index in [0.29, 0.717) is 40.4 Å². The average molecular weight is 425 g/mol. The van der Waals surface area contributed by atoms with Crippen molar-refractivity contribution in [3.63, 3.8) is 0 Å². The van der Waals surface area contributed by atoms with Gasteiger partial charge in [-0.25, -0.2) is 0 Å². The van der Waals surface area contributed by atoms with Gasteiger partial charge in [0.1, 0.15) is 5.70 Å². The van der Waals surface area contributed by atoms with E-state index in [1.165, 1.54) is 27.2 Å². The molecule has 0 aromatic heterocycles.